The number of aromatic hydroxyl groups is 1. The highest BCUT2D eigenvalue weighted by molar-refractivity contribution is 5.37. The van der Waals surface area contributed by atoms with Gasteiger partial charge in [0.1, 0.15) is 5.75 Å². The third kappa shape index (κ3) is 3.15. The molecule has 1 saturated carbocycles. The second-order valence-corrected chi connectivity index (χ2v) is 6.49. The first kappa shape index (κ1) is 13.9. The van der Waals surface area contributed by atoms with Crippen molar-refractivity contribution in [3.8, 4) is 5.75 Å². The molecule has 110 valence electrons. The van der Waals surface area contributed by atoms with Crippen LogP contribution in [0.2, 0.25) is 0 Å². The third-order valence-electron chi connectivity index (χ3n) is 4.73. The molecule has 0 spiro atoms. The summed E-state index contributed by atoms with van der Waals surface area (Å²) in [5, 5.41) is 13.7. The van der Waals surface area contributed by atoms with Gasteiger partial charge in [-0.2, -0.15) is 0 Å². The van der Waals surface area contributed by atoms with E-state index in [0.717, 1.165) is 11.6 Å². The van der Waals surface area contributed by atoms with E-state index < -0.39 is 0 Å². The number of phenols is 1. The molecule has 0 amide bonds. The molecule has 1 aliphatic carbocycles. The predicted octanol–water partition coefficient (Wildman–Crippen LogP) is 2.98. The molecule has 1 saturated heterocycles. The maximum absolute atomic E-state index is 10.0. The maximum Gasteiger partial charge on any atom is 0.120 e. The minimum atomic E-state index is 0.215. The average Bonchev–Trinajstić information content (AvgIpc) is 3.27. The molecule has 1 atom stereocenters. The van der Waals surface area contributed by atoms with Gasteiger partial charge in [0.15, 0.2) is 0 Å². The van der Waals surface area contributed by atoms with Crippen molar-refractivity contribution in [2.75, 3.05) is 13.1 Å². The van der Waals surface area contributed by atoms with Crippen LogP contribution in [0.25, 0.3) is 0 Å². The van der Waals surface area contributed by atoms with E-state index in [1.165, 1.54) is 44.3 Å². The van der Waals surface area contributed by atoms with Crippen molar-refractivity contribution < 1.29 is 5.11 Å². The molecule has 3 rings (SSSR count). The number of nitrogens with zero attached hydrogens (tertiary/aromatic N) is 1. The first-order valence-corrected chi connectivity index (χ1v) is 7.93. The average molecular weight is 274 g/mol. The lowest BCUT2D eigenvalue weighted by Crippen LogP contribution is -2.44. The highest BCUT2D eigenvalue weighted by Gasteiger charge is 2.32. The van der Waals surface area contributed by atoms with Crippen LogP contribution in [-0.2, 0) is 0 Å². The maximum atomic E-state index is 10.0. The molecule has 0 radical (unpaired) electrons. The van der Waals surface area contributed by atoms with Gasteiger partial charge in [-0.15, -0.1) is 0 Å². The lowest BCUT2D eigenvalue weighted by atomic mass is 10.00. The van der Waals surface area contributed by atoms with Crippen LogP contribution >= 0.6 is 0 Å². The largest absolute Gasteiger partial charge is 0.508 e. The minimum absolute atomic E-state index is 0.215. The van der Waals surface area contributed by atoms with Gasteiger partial charge in [0, 0.05) is 23.7 Å². The van der Waals surface area contributed by atoms with Crippen molar-refractivity contribution in [3.63, 3.8) is 0 Å². The Bertz CT molecular complexity index is 462. The van der Waals surface area contributed by atoms with Gasteiger partial charge in [-0.1, -0.05) is 17.7 Å². The minimum Gasteiger partial charge on any atom is -0.508 e. The molecule has 1 aliphatic heterocycles. The van der Waals surface area contributed by atoms with Crippen LogP contribution in [0.1, 0.15) is 49.8 Å². The fourth-order valence-electron chi connectivity index (χ4n) is 3.34. The zero-order valence-electron chi connectivity index (χ0n) is 12.6. The summed E-state index contributed by atoms with van der Waals surface area (Å²) in [6.45, 7) is 6.69. The molecular formula is C17H26N2O. The number of benzene rings is 1. The number of hydrogen-bond acceptors (Lipinski definition) is 3. The number of likely N-dealkylation sites (tertiary alicyclic amines) is 1. The lowest BCUT2D eigenvalue weighted by molar-refractivity contribution is 0.184. The molecular weight excluding hydrogens is 248 g/mol. The molecule has 0 aromatic heterocycles. The van der Waals surface area contributed by atoms with Crippen LogP contribution in [-0.4, -0.2) is 35.2 Å². The number of hydrogen-bond donors (Lipinski definition) is 2. The fraction of sp³-hybridized carbons (Fsp3) is 0.647. The van der Waals surface area contributed by atoms with E-state index >= 15 is 0 Å². The summed E-state index contributed by atoms with van der Waals surface area (Å²) in [7, 11) is 0. The molecule has 2 fully saturated rings. The fourth-order valence-corrected chi connectivity index (χ4v) is 3.34. The van der Waals surface area contributed by atoms with E-state index in [2.05, 4.69) is 30.1 Å². The molecule has 3 heteroatoms. The highest BCUT2D eigenvalue weighted by atomic mass is 16.3. The predicted molar refractivity (Wildman–Crippen MR) is 82.0 cm³/mol. The van der Waals surface area contributed by atoms with Gasteiger partial charge >= 0.3 is 0 Å². The van der Waals surface area contributed by atoms with Gasteiger partial charge in [0.25, 0.3) is 0 Å². The molecule has 1 unspecified atom stereocenters. The molecule has 1 aromatic rings. The van der Waals surface area contributed by atoms with E-state index in [9.17, 15) is 5.11 Å². The number of piperidine rings is 1. The molecule has 2 N–H and O–H groups in total. The smallest absolute Gasteiger partial charge is 0.120 e. The Morgan fingerprint density at radius 3 is 2.55 bits per heavy atom. The van der Waals surface area contributed by atoms with Gasteiger partial charge in [0.05, 0.1) is 0 Å². The number of rotatable bonds is 4. The monoisotopic (exact) mass is 274 g/mol. The Morgan fingerprint density at radius 1 is 1.20 bits per heavy atom. The number of nitrogens with one attached hydrogen (secondary N) is 1. The zero-order chi connectivity index (χ0) is 14.1. The van der Waals surface area contributed by atoms with Gasteiger partial charge < -0.3 is 15.3 Å². The third-order valence-corrected chi connectivity index (χ3v) is 4.73. The highest BCUT2D eigenvalue weighted by Crippen LogP contribution is 2.30. The quantitative estimate of drug-likeness (QED) is 0.886. The first-order valence-electron chi connectivity index (χ1n) is 7.93. The number of aryl methyl sites for hydroxylation is 1. The van der Waals surface area contributed by atoms with Crippen LogP contribution in [0.5, 0.6) is 5.75 Å². The van der Waals surface area contributed by atoms with Crippen LogP contribution < -0.4 is 5.32 Å². The molecule has 0 bridgehead atoms. The van der Waals surface area contributed by atoms with Gasteiger partial charge in [-0.25, -0.2) is 0 Å². The van der Waals surface area contributed by atoms with Crippen LogP contribution in [0.3, 0.4) is 0 Å². The molecule has 2 aliphatic rings. The summed E-state index contributed by atoms with van der Waals surface area (Å²) in [5.41, 5.74) is 2.23. The second-order valence-electron chi connectivity index (χ2n) is 6.49. The summed E-state index contributed by atoms with van der Waals surface area (Å²) in [6, 6.07) is 7.55. The van der Waals surface area contributed by atoms with Crippen LogP contribution in [0, 0.1) is 6.92 Å². The summed E-state index contributed by atoms with van der Waals surface area (Å²) in [4.78, 5) is 2.65. The van der Waals surface area contributed by atoms with E-state index in [4.69, 9.17) is 0 Å². The van der Waals surface area contributed by atoms with E-state index in [1.807, 2.05) is 6.07 Å². The number of phenolic OH excluding ortho intramolecular Hbond substituents is 1. The van der Waals surface area contributed by atoms with Crippen molar-refractivity contribution in [2.24, 2.45) is 0 Å². The van der Waals surface area contributed by atoms with Crippen molar-refractivity contribution in [2.45, 2.75) is 57.7 Å². The molecule has 1 aromatic carbocycles. The first-order chi connectivity index (χ1) is 9.63. The summed E-state index contributed by atoms with van der Waals surface area (Å²) < 4.78 is 0. The van der Waals surface area contributed by atoms with Gasteiger partial charge in [0.2, 0.25) is 0 Å². The van der Waals surface area contributed by atoms with Crippen LogP contribution in [0.4, 0.5) is 0 Å². The molecule has 1 heterocycles. The van der Waals surface area contributed by atoms with E-state index in [0.29, 0.717) is 11.8 Å². The summed E-state index contributed by atoms with van der Waals surface area (Å²) >= 11 is 0. The van der Waals surface area contributed by atoms with Gasteiger partial charge in [-0.3, -0.25) is 0 Å². The second kappa shape index (κ2) is 5.74. The zero-order valence-corrected chi connectivity index (χ0v) is 12.6. The Hall–Kier alpha value is -1.06. The molecule has 20 heavy (non-hydrogen) atoms. The van der Waals surface area contributed by atoms with Crippen molar-refractivity contribution in [1.29, 1.82) is 0 Å². The SMILES string of the molecule is Cc1ccc(O)c(C(C)NC2CCN(C3CC3)CC2)c1. The molecule has 3 nitrogen and oxygen atoms in total. The van der Waals surface area contributed by atoms with Crippen molar-refractivity contribution >= 4 is 0 Å². The Morgan fingerprint density at radius 2 is 1.90 bits per heavy atom. The van der Waals surface area contributed by atoms with E-state index in [-0.39, 0.29) is 6.04 Å². The topological polar surface area (TPSA) is 35.5 Å². The van der Waals surface area contributed by atoms with E-state index in [1.54, 1.807) is 6.07 Å². The standard InChI is InChI=1S/C17H26N2O/c1-12-3-6-17(20)16(11-12)13(2)18-14-7-9-19(10-8-14)15-4-5-15/h3,6,11,13-15,18,20H,4-5,7-10H2,1-2H3. The Kier molecular flexibility index (Phi) is 3.99. The normalized spacial score (nSPS) is 22.9. The Balaban J connectivity index is 1.56. The summed E-state index contributed by atoms with van der Waals surface area (Å²) in [6.07, 6.45) is 5.28. The van der Waals surface area contributed by atoms with Gasteiger partial charge in [-0.05, 0) is 58.7 Å². The summed E-state index contributed by atoms with van der Waals surface area (Å²) in [5.74, 6) is 0.408. The lowest BCUT2D eigenvalue weighted by Gasteiger charge is -2.34. The van der Waals surface area contributed by atoms with Crippen LogP contribution in [0.15, 0.2) is 18.2 Å². The van der Waals surface area contributed by atoms with Crippen molar-refractivity contribution in [3.05, 3.63) is 29.3 Å². The van der Waals surface area contributed by atoms with Crippen molar-refractivity contribution in [1.82, 2.24) is 10.2 Å². The Labute approximate surface area is 122 Å².